The van der Waals surface area contributed by atoms with Gasteiger partial charge >= 0.3 is 0 Å². The molecule has 0 amide bonds. The van der Waals surface area contributed by atoms with E-state index < -0.39 is 0 Å². The molecule has 84 valence electrons. The topological polar surface area (TPSA) is 40.7 Å². The van der Waals surface area contributed by atoms with Crippen molar-refractivity contribution in [3.05, 3.63) is 24.3 Å². The lowest BCUT2D eigenvalue weighted by atomic mass is 9.78. The lowest BCUT2D eigenvalue weighted by molar-refractivity contribution is 0.309. The third-order valence-electron chi connectivity index (χ3n) is 3.34. The SMILES string of the molecule is ClCC1(Nc2nc3ccccc3[nH]2)CCC1. The summed E-state index contributed by atoms with van der Waals surface area (Å²) < 4.78 is 0. The summed E-state index contributed by atoms with van der Waals surface area (Å²) >= 11 is 6.00. The first-order valence-electron chi connectivity index (χ1n) is 5.60. The van der Waals surface area contributed by atoms with Crippen LogP contribution in [-0.2, 0) is 0 Å². The number of imidazole rings is 1. The quantitative estimate of drug-likeness (QED) is 0.803. The van der Waals surface area contributed by atoms with Crippen LogP contribution in [0, 0.1) is 0 Å². The Hall–Kier alpha value is -1.22. The van der Waals surface area contributed by atoms with Gasteiger partial charge < -0.3 is 10.3 Å². The van der Waals surface area contributed by atoms with Crippen molar-refractivity contribution in [2.45, 2.75) is 24.8 Å². The number of hydrogen-bond donors (Lipinski definition) is 2. The Balaban J connectivity index is 1.89. The number of anilines is 1. The molecule has 1 aromatic heterocycles. The number of hydrogen-bond acceptors (Lipinski definition) is 2. The Morgan fingerprint density at radius 1 is 1.38 bits per heavy atom. The van der Waals surface area contributed by atoms with Crippen LogP contribution >= 0.6 is 11.6 Å². The molecule has 1 fully saturated rings. The second-order valence-electron chi connectivity index (χ2n) is 4.50. The molecule has 3 nitrogen and oxygen atoms in total. The number of fused-ring (bicyclic) bond motifs is 1. The van der Waals surface area contributed by atoms with Crippen molar-refractivity contribution in [2.24, 2.45) is 0 Å². The van der Waals surface area contributed by atoms with Gasteiger partial charge in [0.05, 0.1) is 16.6 Å². The highest BCUT2D eigenvalue weighted by Crippen LogP contribution is 2.35. The molecule has 0 unspecified atom stereocenters. The first-order valence-corrected chi connectivity index (χ1v) is 6.14. The van der Waals surface area contributed by atoms with E-state index in [4.69, 9.17) is 11.6 Å². The molecule has 2 N–H and O–H groups in total. The van der Waals surface area contributed by atoms with Gasteiger partial charge in [-0.05, 0) is 31.4 Å². The van der Waals surface area contributed by atoms with Crippen LogP contribution < -0.4 is 5.32 Å². The summed E-state index contributed by atoms with van der Waals surface area (Å²) in [7, 11) is 0. The van der Waals surface area contributed by atoms with Crippen LogP contribution in [0.1, 0.15) is 19.3 Å². The minimum atomic E-state index is 0.0649. The average Bonchev–Trinajstić information content (AvgIpc) is 2.65. The largest absolute Gasteiger partial charge is 0.349 e. The molecule has 0 spiro atoms. The highest BCUT2D eigenvalue weighted by Gasteiger charge is 2.36. The van der Waals surface area contributed by atoms with E-state index in [2.05, 4.69) is 15.3 Å². The molecule has 3 rings (SSSR count). The summed E-state index contributed by atoms with van der Waals surface area (Å²) in [5, 5.41) is 3.43. The number of H-pyrrole nitrogens is 1. The first-order chi connectivity index (χ1) is 7.81. The van der Waals surface area contributed by atoms with Crippen LogP contribution in [0.5, 0.6) is 0 Å². The third-order valence-corrected chi connectivity index (χ3v) is 3.85. The predicted molar refractivity (Wildman–Crippen MR) is 67.0 cm³/mol. The molecule has 1 heterocycles. The molecule has 1 aliphatic carbocycles. The van der Waals surface area contributed by atoms with Gasteiger partial charge in [0.2, 0.25) is 5.95 Å². The maximum Gasteiger partial charge on any atom is 0.201 e. The molecule has 0 saturated heterocycles. The highest BCUT2D eigenvalue weighted by atomic mass is 35.5. The molecule has 0 bridgehead atoms. The van der Waals surface area contributed by atoms with Gasteiger partial charge in [0.25, 0.3) is 0 Å². The van der Waals surface area contributed by atoms with Gasteiger partial charge in [-0.1, -0.05) is 12.1 Å². The van der Waals surface area contributed by atoms with Gasteiger partial charge in [0.1, 0.15) is 0 Å². The molecule has 0 aliphatic heterocycles. The second kappa shape index (κ2) is 3.67. The Labute approximate surface area is 99.2 Å². The molecule has 0 atom stereocenters. The van der Waals surface area contributed by atoms with Crippen molar-refractivity contribution in [3.8, 4) is 0 Å². The zero-order valence-electron chi connectivity index (χ0n) is 8.96. The minimum Gasteiger partial charge on any atom is -0.349 e. The van der Waals surface area contributed by atoms with Crippen molar-refractivity contribution in [1.82, 2.24) is 9.97 Å². The maximum atomic E-state index is 6.00. The van der Waals surface area contributed by atoms with E-state index in [1.165, 1.54) is 6.42 Å². The van der Waals surface area contributed by atoms with Gasteiger partial charge in [-0.15, -0.1) is 11.6 Å². The van der Waals surface area contributed by atoms with Crippen LogP contribution in [0.2, 0.25) is 0 Å². The molecule has 2 aromatic rings. The summed E-state index contributed by atoms with van der Waals surface area (Å²) in [6, 6.07) is 8.03. The van der Waals surface area contributed by atoms with Crippen LogP contribution in [0.25, 0.3) is 11.0 Å². The highest BCUT2D eigenvalue weighted by molar-refractivity contribution is 6.19. The molecular weight excluding hydrogens is 222 g/mol. The molecule has 1 saturated carbocycles. The predicted octanol–water partition coefficient (Wildman–Crippen LogP) is 3.14. The van der Waals surface area contributed by atoms with Crippen LogP contribution in [-0.4, -0.2) is 21.4 Å². The van der Waals surface area contributed by atoms with Gasteiger partial charge in [0, 0.05) is 5.88 Å². The van der Waals surface area contributed by atoms with E-state index in [1.807, 2.05) is 24.3 Å². The van der Waals surface area contributed by atoms with Crippen molar-refractivity contribution in [2.75, 3.05) is 11.2 Å². The van der Waals surface area contributed by atoms with Crippen molar-refractivity contribution >= 4 is 28.6 Å². The van der Waals surface area contributed by atoms with Gasteiger partial charge in [-0.25, -0.2) is 4.98 Å². The number of benzene rings is 1. The van der Waals surface area contributed by atoms with Gasteiger partial charge in [-0.3, -0.25) is 0 Å². The summed E-state index contributed by atoms with van der Waals surface area (Å²) in [6.07, 6.45) is 3.51. The third kappa shape index (κ3) is 1.55. The number of para-hydroxylation sites is 2. The van der Waals surface area contributed by atoms with E-state index in [9.17, 15) is 0 Å². The maximum absolute atomic E-state index is 6.00. The smallest absolute Gasteiger partial charge is 0.201 e. The second-order valence-corrected chi connectivity index (χ2v) is 4.76. The Bertz CT molecular complexity index is 463. The summed E-state index contributed by atoms with van der Waals surface area (Å²) in [4.78, 5) is 7.78. The fraction of sp³-hybridized carbons (Fsp3) is 0.417. The number of alkyl halides is 1. The Morgan fingerprint density at radius 2 is 2.19 bits per heavy atom. The fourth-order valence-corrected chi connectivity index (χ4v) is 2.49. The zero-order valence-corrected chi connectivity index (χ0v) is 9.72. The summed E-state index contributed by atoms with van der Waals surface area (Å²) in [6.45, 7) is 0. The number of nitrogens with one attached hydrogen (secondary N) is 2. The Kier molecular flexibility index (Phi) is 2.28. The minimum absolute atomic E-state index is 0.0649. The van der Waals surface area contributed by atoms with E-state index >= 15 is 0 Å². The number of halogens is 1. The zero-order chi connectivity index (χ0) is 11.0. The van der Waals surface area contributed by atoms with Gasteiger partial charge in [-0.2, -0.15) is 0 Å². The molecule has 16 heavy (non-hydrogen) atoms. The molecule has 4 heteroatoms. The van der Waals surface area contributed by atoms with Crippen LogP contribution in [0.4, 0.5) is 5.95 Å². The number of aromatic amines is 1. The molecule has 1 aliphatic rings. The number of aromatic nitrogens is 2. The first kappa shape index (κ1) is 9.97. The standard InChI is InChI=1S/C12H14ClN3/c13-8-12(6-3-7-12)16-11-14-9-4-1-2-5-10(9)15-11/h1-2,4-5H,3,6-8H2,(H2,14,15,16). The molecular formula is C12H14ClN3. The van der Waals surface area contributed by atoms with Crippen molar-refractivity contribution in [1.29, 1.82) is 0 Å². The summed E-state index contributed by atoms with van der Waals surface area (Å²) in [5.74, 6) is 1.48. The van der Waals surface area contributed by atoms with E-state index in [-0.39, 0.29) is 5.54 Å². The molecule has 1 aromatic carbocycles. The summed E-state index contributed by atoms with van der Waals surface area (Å²) in [5.41, 5.74) is 2.12. The van der Waals surface area contributed by atoms with Crippen LogP contribution in [0.3, 0.4) is 0 Å². The normalized spacial score (nSPS) is 18.3. The number of rotatable bonds is 3. The lowest BCUT2D eigenvalue weighted by Crippen LogP contribution is -2.47. The average molecular weight is 236 g/mol. The monoisotopic (exact) mass is 235 g/mol. The van der Waals surface area contributed by atoms with Crippen LogP contribution in [0.15, 0.2) is 24.3 Å². The number of nitrogens with zero attached hydrogens (tertiary/aromatic N) is 1. The molecule has 0 radical (unpaired) electrons. The lowest BCUT2D eigenvalue weighted by Gasteiger charge is -2.40. The van der Waals surface area contributed by atoms with E-state index in [1.54, 1.807) is 0 Å². The van der Waals surface area contributed by atoms with Crippen molar-refractivity contribution in [3.63, 3.8) is 0 Å². The van der Waals surface area contributed by atoms with E-state index in [0.29, 0.717) is 5.88 Å². The van der Waals surface area contributed by atoms with Gasteiger partial charge in [0.15, 0.2) is 0 Å². The van der Waals surface area contributed by atoms with Crippen molar-refractivity contribution < 1.29 is 0 Å². The Morgan fingerprint density at radius 3 is 2.81 bits per heavy atom. The fourth-order valence-electron chi connectivity index (χ4n) is 2.16. The van der Waals surface area contributed by atoms with E-state index in [0.717, 1.165) is 29.8 Å².